The molecule has 0 aliphatic carbocycles. The van der Waals surface area contributed by atoms with E-state index in [-0.39, 0.29) is 16.1 Å². The standard InChI is InChI=1S/C19H25N3O3S2/c1-13(2)15-6-8-16(9-7-15)21-19(23)14(3)26-18-11-10-17(12-20-18)27(24,25)22(4)5/h6-14H,1-5H3,(H,21,23)/t14-/m0/s1. The van der Waals surface area contributed by atoms with Gasteiger partial charge in [0.2, 0.25) is 15.9 Å². The van der Waals surface area contributed by atoms with Crippen LogP contribution in [0.3, 0.4) is 0 Å². The topological polar surface area (TPSA) is 79.4 Å². The number of carbonyl (C=O) groups is 1. The number of hydrogen-bond acceptors (Lipinski definition) is 5. The van der Waals surface area contributed by atoms with Crippen LogP contribution >= 0.6 is 11.8 Å². The van der Waals surface area contributed by atoms with Gasteiger partial charge in [-0.2, -0.15) is 0 Å². The van der Waals surface area contributed by atoms with E-state index < -0.39 is 10.0 Å². The summed E-state index contributed by atoms with van der Waals surface area (Å²) in [5.74, 6) is 0.304. The lowest BCUT2D eigenvalue weighted by Gasteiger charge is -2.13. The Balaban J connectivity index is 1.99. The van der Waals surface area contributed by atoms with Crippen LogP contribution in [0.2, 0.25) is 0 Å². The van der Waals surface area contributed by atoms with Gasteiger partial charge in [-0.3, -0.25) is 4.79 Å². The third-order valence-electron chi connectivity index (χ3n) is 4.00. The minimum absolute atomic E-state index is 0.124. The lowest BCUT2D eigenvalue weighted by Crippen LogP contribution is -2.23. The van der Waals surface area contributed by atoms with E-state index in [9.17, 15) is 13.2 Å². The van der Waals surface area contributed by atoms with Crippen molar-refractivity contribution < 1.29 is 13.2 Å². The third-order valence-corrected chi connectivity index (χ3v) is 6.85. The SMILES string of the molecule is CC(C)c1ccc(NC(=O)[C@H](C)Sc2ccc(S(=O)(=O)N(C)C)cn2)cc1. The molecule has 27 heavy (non-hydrogen) atoms. The number of aromatic nitrogens is 1. The zero-order chi connectivity index (χ0) is 20.2. The predicted octanol–water partition coefficient (Wildman–Crippen LogP) is 3.57. The van der Waals surface area contributed by atoms with Gasteiger partial charge in [-0.25, -0.2) is 17.7 Å². The van der Waals surface area contributed by atoms with Crippen LogP contribution in [-0.2, 0) is 14.8 Å². The molecule has 1 heterocycles. The van der Waals surface area contributed by atoms with Crippen LogP contribution < -0.4 is 5.32 Å². The number of hydrogen-bond donors (Lipinski definition) is 1. The van der Waals surface area contributed by atoms with Gasteiger partial charge in [-0.1, -0.05) is 37.7 Å². The maximum Gasteiger partial charge on any atom is 0.244 e. The van der Waals surface area contributed by atoms with Crippen LogP contribution in [0.15, 0.2) is 52.5 Å². The number of nitrogens with zero attached hydrogens (tertiary/aromatic N) is 2. The zero-order valence-corrected chi connectivity index (χ0v) is 17.8. The van der Waals surface area contributed by atoms with Crippen LogP contribution in [0.1, 0.15) is 32.3 Å². The van der Waals surface area contributed by atoms with E-state index in [1.54, 1.807) is 13.0 Å². The quantitative estimate of drug-likeness (QED) is 0.710. The average molecular weight is 408 g/mol. The summed E-state index contributed by atoms with van der Waals surface area (Å²) in [6.45, 7) is 6.03. The molecule has 8 heteroatoms. The summed E-state index contributed by atoms with van der Waals surface area (Å²) in [5.41, 5.74) is 1.96. The van der Waals surface area contributed by atoms with Crippen molar-refractivity contribution in [3.8, 4) is 0 Å². The number of thioether (sulfide) groups is 1. The molecule has 2 rings (SSSR count). The number of anilines is 1. The fourth-order valence-corrected chi connectivity index (χ4v) is 3.87. The molecule has 146 valence electrons. The van der Waals surface area contributed by atoms with E-state index in [1.807, 2.05) is 24.3 Å². The molecule has 0 saturated heterocycles. The Morgan fingerprint density at radius 2 is 1.70 bits per heavy atom. The Labute approximate surface area is 165 Å². The highest BCUT2D eigenvalue weighted by molar-refractivity contribution is 8.00. The van der Waals surface area contributed by atoms with Gasteiger partial charge < -0.3 is 5.32 Å². The summed E-state index contributed by atoms with van der Waals surface area (Å²) in [6, 6.07) is 10.9. The van der Waals surface area contributed by atoms with E-state index in [1.165, 1.54) is 43.7 Å². The first-order chi connectivity index (χ1) is 12.6. The number of nitrogens with one attached hydrogen (secondary N) is 1. The normalized spacial score (nSPS) is 13.0. The molecule has 1 aromatic carbocycles. The van der Waals surface area contributed by atoms with E-state index in [2.05, 4.69) is 24.1 Å². The summed E-state index contributed by atoms with van der Waals surface area (Å²) < 4.78 is 25.3. The molecule has 0 fully saturated rings. The molecule has 6 nitrogen and oxygen atoms in total. The van der Waals surface area contributed by atoms with Crippen molar-refractivity contribution in [3.63, 3.8) is 0 Å². The number of carbonyl (C=O) groups excluding carboxylic acids is 1. The Bertz CT molecular complexity index is 877. The van der Waals surface area contributed by atoms with Crippen molar-refractivity contribution >= 4 is 33.4 Å². The molecule has 0 saturated carbocycles. The molecule has 0 spiro atoms. The van der Waals surface area contributed by atoms with Crippen molar-refractivity contribution in [1.82, 2.24) is 9.29 Å². The Kier molecular flexibility index (Phi) is 7.02. The number of sulfonamides is 1. The average Bonchev–Trinajstić information content (AvgIpc) is 2.62. The summed E-state index contributed by atoms with van der Waals surface area (Å²) in [4.78, 5) is 16.7. The Morgan fingerprint density at radius 3 is 2.19 bits per heavy atom. The van der Waals surface area contributed by atoms with Crippen molar-refractivity contribution in [2.75, 3.05) is 19.4 Å². The molecule has 0 aliphatic heterocycles. The largest absolute Gasteiger partial charge is 0.325 e. The minimum Gasteiger partial charge on any atom is -0.325 e. The van der Waals surface area contributed by atoms with Crippen molar-refractivity contribution in [2.45, 2.75) is 41.9 Å². The van der Waals surface area contributed by atoms with Crippen molar-refractivity contribution in [2.24, 2.45) is 0 Å². The number of rotatable bonds is 7. The van der Waals surface area contributed by atoms with Crippen LogP contribution in [0.25, 0.3) is 0 Å². The molecule has 0 aliphatic rings. The molecule has 1 N–H and O–H groups in total. The lowest BCUT2D eigenvalue weighted by atomic mass is 10.0. The summed E-state index contributed by atoms with van der Waals surface area (Å²) in [6.07, 6.45) is 1.31. The van der Waals surface area contributed by atoms with Gasteiger partial charge in [-0.05, 0) is 42.7 Å². The highest BCUT2D eigenvalue weighted by Gasteiger charge is 2.19. The molecule has 1 amide bonds. The number of pyridine rings is 1. The van der Waals surface area contributed by atoms with E-state index in [0.717, 1.165) is 9.99 Å². The predicted molar refractivity (Wildman–Crippen MR) is 110 cm³/mol. The lowest BCUT2D eigenvalue weighted by molar-refractivity contribution is -0.115. The molecule has 0 unspecified atom stereocenters. The molecule has 2 aromatic rings. The molecule has 0 bridgehead atoms. The molecular weight excluding hydrogens is 382 g/mol. The molecular formula is C19H25N3O3S2. The fourth-order valence-electron chi connectivity index (χ4n) is 2.23. The molecule has 0 radical (unpaired) electrons. The van der Waals surface area contributed by atoms with Crippen LogP contribution in [0.5, 0.6) is 0 Å². The first kappa shape index (κ1) is 21.4. The maximum atomic E-state index is 12.4. The Morgan fingerprint density at radius 1 is 1.07 bits per heavy atom. The van der Waals surface area contributed by atoms with Gasteiger partial charge in [0.05, 0.1) is 10.3 Å². The van der Waals surface area contributed by atoms with E-state index in [0.29, 0.717) is 10.9 Å². The first-order valence-electron chi connectivity index (χ1n) is 8.57. The highest BCUT2D eigenvalue weighted by Crippen LogP contribution is 2.24. The summed E-state index contributed by atoms with van der Waals surface area (Å²) >= 11 is 1.28. The van der Waals surface area contributed by atoms with E-state index >= 15 is 0 Å². The summed E-state index contributed by atoms with van der Waals surface area (Å²) in [5, 5.41) is 3.10. The Hall–Kier alpha value is -1.90. The number of benzene rings is 1. The molecule has 1 atom stereocenters. The maximum absolute atomic E-state index is 12.4. The minimum atomic E-state index is -3.51. The molecule has 1 aromatic heterocycles. The highest BCUT2D eigenvalue weighted by atomic mass is 32.2. The smallest absolute Gasteiger partial charge is 0.244 e. The van der Waals surface area contributed by atoms with Crippen LogP contribution in [0, 0.1) is 0 Å². The van der Waals surface area contributed by atoms with Gasteiger partial charge in [-0.15, -0.1) is 0 Å². The second-order valence-electron chi connectivity index (χ2n) is 6.65. The van der Waals surface area contributed by atoms with Gasteiger partial charge in [0, 0.05) is 26.0 Å². The van der Waals surface area contributed by atoms with Gasteiger partial charge in [0.1, 0.15) is 4.90 Å². The fraction of sp³-hybridized carbons (Fsp3) is 0.368. The van der Waals surface area contributed by atoms with Gasteiger partial charge in [0.25, 0.3) is 0 Å². The monoisotopic (exact) mass is 407 g/mol. The van der Waals surface area contributed by atoms with E-state index in [4.69, 9.17) is 0 Å². The van der Waals surface area contributed by atoms with Gasteiger partial charge in [0.15, 0.2) is 0 Å². The third kappa shape index (κ3) is 5.54. The van der Waals surface area contributed by atoms with Crippen molar-refractivity contribution in [1.29, 1.82) is 0 Å². The van der Waals surface area contributed by atoms with Crippen LogP contribution in [0.4, 0.5) is 5.69 Å². The zero-order valence-electron chi connectivity index (χ0n) is 16.1. The summed E-state index contributed by atoms with van der Waals surface area (Å²) in [7, 11) is -0.566. The second-order valence-corrected chi connectivity index (χ2v) is 10.2. The van der Waals surface area contributed by atoms with Crippen LogP contribution in [-0.4, -0.2) is 43.0 Å². The second kappa shape index (κ2) is 8.86. The number of amides is 1. The van der Waals surface area contributed by atoms with Gasteiger partial charge >= 0.3 is 0 Å². The van der Waals surface area contributed by atoms with Crippen molar-refractivity contribution in [3.05, 3.63) is 48.2 Å². The first-order valence-corrected chi connectivity index (χ1v) is 10.9.